The smallest absolute Gasteiger partial charge is 0.172 e. The largest absolute Gasteiger partial charge is 0.497 e. The summed E-state index contributed by atoms with van der Waals surface area (Å²) in [6.45, 7) is 0. The van der Waals surface area contributed by atoms with Gasteiger partial charge in [0.2, 0.25) is 0 Å². The molecule has 0 amide bonds. The Morgan fingerprint density at radius 1 is 1.09 bits per heavy atom. The minimum atomic E-state index is -0.407. The summed E-state index contributed by atoms with van der Waals surface area (Å²) in [6, 6.07) is 16.0. The molecule has 2 nitrogen and oxygen atoms in total. The van der Waals surface area contributed by atoms with Crippen molar-refractivity contribution < 1.29 is 9.53 Å². The van der Waals surface area contributed by atoms with E-state index < -0.39 is 5.41 Å². The molecule has 2 aliphatic carbocycles. The number of carbonyl (C=O) groups excluding carboxylic acids is 1. The Labute approximate surface area is 152 Å². The molecule has 1 spiro atoms. The van der Waals surface area contributed by atoms with Crippen LogP contribution < -0.4 is 4.74 Å². The molecule has 0 saturated heterocycles. The molecule has 4 rings (SSSR count). The second-order valence-corrected chi connectivity index (χ2v) is 9.85. The second kappa shape index (κ2) is 5.18. The maximum atomic E-state index is 13.2. The minimum absolute atomic E-state index is 0.127. The van der Waals surface area contributed by atoms with Crippen LogP contribution in [-0.2, 0) is 6.42 Å². The molecular weight excluding hydrogens is 420 g/mol. The number of halogens is 2. The Kier molecular flexibility index (Phi) is 3.47. The van der Waals surface area contributed by atoms with Crippen molar-refractivity contribution in [3.05, 3.63) is 65.2 Å². The molecule has 0 aliphatic heterocycles. The van der Waals surface area contributed by atoms with E-state index in [1.54, 1.807) is 7.11 Å². The van der Waals surface area contributed by atoms with Crippen LogP contribution in [0, 0.1) is 5.41 Å². The topological polar surface area (TPSA) is 26.3 Å². The van der Waals surface area contributed by atoms with Crippen LogP contribution in [0.1, 0.15) is 33.8 Å². The van der Waals surface area contributed by atoms with Gasteiger partial charge in [0.15, 0.2) is 5.78 Å². The van der Waals surface area contributed by atoms with Crippen LogP contribution >= 0.6 is 31.9 Å². The normalized spacial score (nSPS) is 27.6. The standard InChI is InChI=1S/C19H16Br2O2/c1-23-14-8-6-13(7-9-14)16-18(19(16,20)21)11-10-12-4-2-3-5-15(12)17(18)22/h2-9,16H,10-11H2,1H3/t16-,18+/m1/s1. The van der Waals surface area contributed by atoms with Crippen molar-refractivity contribution in [2.24, 2.45) is 5.41 Å². The highest BCUT2D eigenvalue weighted by molar-refractivity contribution is 9.25. The van der Waals surface area contributed by atoms with E-state index in [4.69, 9.17) is 4.74 Å². The Hall–Kier alpha value is -1.13. The summed E-state index contributed by atoms with van der Waals surface area (Å²) in [6.07, 6.45) is 1.80. The maximum Gasteiger partial charge on any atom is 0.172 e. The van der Waals surface area contributed by atoms with Crippen molar-refractivity contribution in [3.8, 4) is 5.75 Å². The first-order valence-corrected chi connectivity index (χ1v) is 9.25. The van der Waals surface area contributed by atoms with Crippen LogP contribution in [0.5, 0.6) is 5.75 Å². The number of methoxy groups -OCH3 is 1. The number of fused-ring (bicyclic) bond motifs is 1. The third kappa shape index (κ3) is 2.01. The molecule has 0 unspecified atom stereocenters. The molecule has 0 bridgehead atoms. The molecule has 0 N–H and O–H groups in total. The summed E-state index contributed by atoms with van der Waals surface area (Å²) < 4.78 is 4.87. The average molecular weight is 436 g/mol. The summed E-state index contributed by atoms with van der Waals surface area (Å²) in [5, 5.41) is 0. The van der Waals surface area contributed by atoms with Crippen molar-refractivity contribution in [2.45, 2.75) is 22.0 Å². The van der Waals surface area contributed by atoms with Crippen molar-refractivity contribution in [2.75, 3.05) is 7.11 Å². The average Bonchev–Trinajstić information content (AvgIpc) is 3.07. The molecule has 118 valence electrons. The van der Waals surface area contributed by atoms with Gasteiger partial charge in [-0.2, -0.15) is 0 Å². The minimum Gasteiger partial charge on any atom is -0.497 e. The van der Waals surface area contributed by atoms with Gasteiger partial charge in [0.05, 0.1) is 12.5 Å². The molecular formula is C19H16Br2O2. The number of rotatable bonds is 2. The number of aryl methyl sites for hydroxylation is 1. The van der Waals surface area contributed by atoms with E-state index in [0.717, 1.165) is 29.7 Å². The molecule has 4 heteroatoms. The number of benzene rings is 2. The molecule has 2 aromatic rings. The Balaban J connectivity index is 1.75. The third-order valence-electron chi connectivity index (χ3n) is 5.27. The van der Waals surface area contributed by atoms with Gasteiger partial charge in [-0.25, -0.2) is 0 Å². The number of hydrogen-bond acceptors (Lipinski definition) is 2. The lowest BCUT2D eigenvalue weighted by atomic mass is 9.78. The molecule has 1 fully saturated rings. The van der Waals surface area contributed by atoms with Crippen molar-refractivity contribution in [1.29, 1.82) is 0 Å². The zero-order chi connectivity index (χ0) is 16.2. The van der Waals surface area contributed by atoms with Gasteiger partial charge in [-0.15, -0.1) is 0 Å². The number of ketones is 1. The Morgan fingerprint density at radius 2 is 1.78 bits per heavy atom. The van der Waals surface area contributed by atoms with Gasteiger partial charge in [0.25, 0.3) is 0 Å². The van der Waals surface area contributed by atoms with Crippen molar-refractivity contribution >= 4 is 37.6 Å². The van der Waals surface area contributed by atoms with Crippen LogP contribution in [0.4, 0.5) is 0 Å². The number of ether oxygens (including phenoxy) is 1. The van der Waals surface area contributed by atoms with E-state index in [9.17, 15) is 4.79 Å². The van der Waals surface area contributed by atoms with Crippen LogP contribution in [0.15, 0.2) is 48.5 Å². The first-order valence-electron chi connectivity index (χ1n) is 7.67. The zero-order valence-electron chi connectivity index (χ0n) is 12.7. The van der Waals surface area contributed by atoms with Crippen LogP contribution in [0.2, 0.25) is 0 Å². The van der Waals surface area contributed by atoms with E-state index in [1.165, 1.54) is 5.56 Å². The lowest BCUT2D eigenvalue weighted by Crippen LogP contribution is -2.28. The highest BCUT2D eigenvalue weighted by atomic mass is 79.9. The fourth-order valence-corrected chi connectivity index (χ4v) is 6.28. The zero-order valence-corrected chi connectivity index (χ0v) is 15.9. The lowest BCUT2D eigenvalue weighted by Gasteiger charge is -2.25. The van der Waals surface area contributed by atoms with E-state index in [2.05, 4.69) is 50.1 Å². The van der Waals surface area contributed by atoms with Crippen molar-refractivity contribution in [1.82, 2.24) is 0 Å². The first kappa shape index (κ1) is 15.4. The molecule has 1 saturated carbocycles. The van der Waals surface area contributed by atoms with Crippen LogP contribution in [-0.4, -0.2) is 16.1 Å². The van der Waals surface area contributed by atoms with E-state index in [1.807, 2.05) is 30.3 Å². The predicted octanol–water partition coefficient (Wildman–Crippen LogP) is 5.09. The Bertz CT molecular complexity index is 782. The first-order chi connectivity index (χ1) is 11.0. The lowest BCUT2D eigenvalue weighted by molar-refractivity contribution is 0.0875. The predicted molar refractivity (Wildman–Crippen MR) is 97.8 cm³/mol. The van der Waals surface area contributed by atoms with Gasteiger partial charge in [-0.3, -0.25) is 4.79 Å². The highest BCUT2D eigenvalue weighted by Gasteiger charge is 2.78. The number of alkyl halides is 2. The maximum absolute atomic E-state index is 13.2. The van der Waals surface area contributed by atoms with Crippen LogP contribution in [0.3, 0.4) is 0 Å². The Morgan fingerprint density at radius 3 is 2.48 bits per heavy atom. The molecule has 2 aromatic carbocycles. The molecule has 2 aliphatic rings. The van der Waals surface area contributed by atoms with E-state index in [0.29, 0.717) is 0 Å². The quantitative estimate of drug-likeness (QED) is 0.613. The third-order valence-corrected chi connectivity index (χ3v) is 7.60. The van der Waals surface area contributed by atoms with E-state index in [-0.39, 0.29) is 14.9 Å². The van der Waals surface area contributed by atoms with Gasteiger partial charge in [-0.05, 0) is 36.1 Å². The van der Waals surface area contributed by atoms with Gasteiger partial charge in [0, 0.05) is 11.5 Å². The fraction of sp³-hybridized carbons (Fsp3) is 0.316. The SMILES string of the molecule is COc1ccc([C@H]2C(Br)(Br)[C@@]23CCc2ccccc2C3=O)cc1. The second-order valence-electron chi connectivity index (χ2n) is 6.29. The molecule has 0 heterocycles. The van der Waals surface area contributed by atoms with Crippen LogP contribution in [0.25, 0.3) is 0 Å². The highest BCUT2D eigenvalue weighted by Crippen LogP contribution is 2.79. The summed E-state index contributed by atoms with van der Waals surface area (Å²) in [4.78, 5) is 13.2. The van der Waals surface area contributed by atoms with Crippen molar-refractivity contribution in [3.63, 3.8) is 0 Å². The van der Waals surface area contributed by atoms with Gasteiger partial charge in [0.1, 0.15) is 8.98 Å². The van der Waals surface area contributed by atoms with Gasteiger partial charge >= 0.3 is 0 Å². The molecule has 2 atom stereocenters. The molecule has 23 heavy (non-hydrogen) atoms. The van der Waals surface area contributed by atoms with E-state index >= 15 is 0 Å². The number of carbonyl (C=O) groups is 1. The molecule has 0 radical (unpaired) electrons. The molecule has 0 aromatic heterocycles. The summed E-state index contributed by atoms with van der Waals surface area (Å²) >= 11 is 7.60. The summed E-state index contributed by atoms with van der Waals surface area (Å²) in [7, 11) is 1.66. The monoisotopic (exact) mass is 434 g/mol. The summed E-state index contributed by atoms with van der Waals surface area (Å²) in [5.74, 6) is 1.20. The number of Topliss-reactive ketones (excluding diaryl/α,β-unsaturated/α-hetero) is 1. The van der Waals surface area contributed by atoms with Gasteiger partial charge < -0.3 is 4.74 Å². The summed E-state index contributed by atoms with van der Waals surface area (Å²) in [5.41, 5.74) is 2.79. The fourth-order valence-electron chi connectivity index (χ4n) is 3.99. The van der Waals surface area contributed by atoms with Gasteiger partial charge in [-0.1, -0.05) is 68.3 Å². The number of hydrogen-bond donors (Lipinski definition) is 0.